The number of hydrogen-bond acceptors (Lipinski definition) is 2. The highest BCUT2D eigenvalue weighted by Gasteiger charge is 2.50. The quantitative estimate of drug-likeness (QED) is 0.672. The largest absolute Gasteiger partial charge is 0.393 e. The van der Waals surface area contributed by atoms with Crippen LogP contribution < -0.4 is 0 Å². The average molecular weight is 182 g/mol. The Morgan fingerprint density at radius 2 is 1.92 bits per heavy atom. The van der Waals surface area contributed by atoms with Gasteiger partial charge in [0, 0.05) is 5.41 Å². The molecule has 2 saturated carbocycles. The van der Waals surface area contributed by atoms with Crippen LogP contribution in [-0.4, -0.2) is 17.0 Å². The molecule has 0 radical (unpaired) electrons. The number of hydrogen-bond donors (Lipinski definition) is 1. The second-order valence-corrected chi connectivity index (χ2v) is 4.67. The highest BCUT2D eigenvalue weighted by Crippen LogP contribution is 2.52. The van der Waals surface area contributed by atoms with E-state index < -0.39 is 0 Å². The summed E-state index contributed by atoms with van der Waals surface area (Å²) in [5, 5.41) is 9.84. The predicted molar refractivity (Wildman–Crippen MR) is 50.3 cm³/mol. The molecule has 3 unspecified atom stereocenters. The zero-order valence-electron chi connectivity index (χ0n) is 8.25. The summed E-state index contributed by atoms with van der Waals surface area (Å²) >= 11 is 0. The Balaban J connectivity index is 2.27. The number of rotatable bonds is 1. The Kier molecular flexibility index (Phi) is 2.18. The monoisotopic (exact) mass is 182 g/mol. The molecule has 74 valence electrons. The Morgan fingerprint density at radius 3 is 2.46 bits per heavy atom. The molecule has 0 aromatic heterocycles. The summed E-state index contributed by atoms with van der Waals surface area (Å²) in [6.45, 7) is 1.70. The van der Waals surface area contributed by atoms with Gasteiger partial charge < -0.3 is 5.11 Å². The van der Waals surface area contributed by atoms with Crippen LogP contribution in [0.5, 0.6) is 0 Å². The fourth-order valence-corrected chi connectivity index (χ4v) is 3.41. The molecule has 0 spiro atoms. The van der Waals surface area contributed by atoms with Crippen LogP contribution in [0.1, 0.15) is 45.4 Å². The number of Topliss-reactive ketones (excluding diaryl/α,β-unsaturated/α-hetero) is 1. The van der Waals surface area contributed by atoms with Crippen LogP contribution in [0.15, 0.2) is 0 Å². The Morgan fingerprint density at radius 1 is 1.31 bits per heavy atom. The minimum absolute atomic E-state index is 0.127. The molecule has 2 aliphatic rings. The molecular weight excluding hydrogens is 164 g/mol. The second-order valence-electron chi connectivity index (χ2n) is 4.67. The lowest BCUT2D eigenvalue weighted by Crippen LogP contribution is -2.42. The second kappa shape index (κ2) is 3.09. The SMILES string of the molecule is CC(=O)C12CCCC(O)C1CCC2. The first-order chi connectivity index (χ1) is 6.17. The third kappa shape index (κ3) is 1.23. The number of carbonyl (C=O) groups excluding carboxylic acids is 1. The van der Waals surface area contributed by atoms with Crippen molar-refractivity contribution in [3.8, 4) is 0 Å². The molecule has 1 N–H and O–H groups in total. The van der Waals surface area contributed by atoms with Crippen molar-refractivity contribution in [3.05, 3.63) is 0 Å². The van der Waals surface area contributed by atoms with Gasteiger partial charge in [-0.25, -0.2) is 0 Å². The van der Waals surface area contributed by atoms with Crippen LogP contribution in [0.2, 0.25) is 0 Å². The number of aliphatic hydroxyl groups is 1. The molecule has 3 atom stereocenters. The maximum atomic E-state index is 11.6. The van der Waals surface area contributed by atoms with Crippen LogP contribution in [-0.2, 0) is 4.79 Å². The summed E-state index contributed by atoms with van der Waals surface area (Å²) in [6.07, 6.45) is 5.94. The van der Waals surface area contributed by atoms with Crippen molar-refractivity contribution in [1.29, 1.82) is 0 Å². The van der Waals surface area contributed by atoms with E-state index in [1.807, 2.05) is 0 Å². The van der Waals surface area contributed by atoms with Gasteiger partial charge >= 0.3 is 0 Å². The van der Waals surface area contributed by atoms with E-state index in [4.69, 9.17) is 0 Å². The molecule has 13 heavy (non-hydrogen) atoms. The summed E-state index contributed by atoms with van der Waals surface area (Å²) in [6, 6.07) is 0. The molecule has 2 heteroatoms. The molecule has 0 aliphatic heterocycles. The number of carbonyl (C=O) groups is 1. The van der Waals surface area contributed by atoms with Gasteiger partial charge in [0.1, 0.15) is 5.78 Å². The summed E-state index contributed by atoms with van der Waals surface area (Å²) in [5.74, 6) is 0.590. The van der Waals surface area contributed by atoms with Crippen LogP contribution in [0, 0.1) is 11.3 Å². The lowest BCUT2D eigenvalue weighted by molar-refractivity contribution is -0.134. The molecule has 0 aromatic carbocycles. The van der Waals surface area contributed by atoms with E-state index in [1.54, 1.807) is 6.92 Å². The molecule has 0 aromatic rings. The van der Waals surface area contributed by atoms with E-state index in [0.29, 0.717) is 5.78 Å². The lowest BCUT2D eigenvalue weighted by atomic mass is 9.65. The van der Waals surface area contributed by atoms with Gasteiger partial charge in [-0.15, -0.1) is 0 Å². The first-order valence-corrected chi connectivity index (χ1v) is 5.36. The van der Waals surface area contributed by atoms with Gasteiger partial charge in [0.25, 0.3) is 0 Å². The molecule has 0 amide bonds. The van der Waals surface area contributed by atoms with E-state index in [2.05, 4.69) is 0 Å². The first-order valence-electron chi connectivity index (χ1n) is 5.36. The van der Waals surface area contributed by atoms with Crippen LogP contribution >= 0.6 is 0 Å². The van der Waals surface area contributed by atoms with Crippen LogP contribution in [0.4, 0.5) is 0 Å². The molecule has 2 fully saturated rings. The third-order valence-electron chi connectivity index (χ3n) is 4.14. The van der Waals surface area contributed by atoms with Gasteiger partial charge in [-0.2, -0.15) is 0 Å². The summed E-state index contributed by atoms with van der Waals surface area (Å²) in [4.78, 5) is 11.6. The fraction of sp³-hybridized carbons (Fsp3) is 0.909. The molecule has 0 heterocycles. The van der Waals surface area contributed by atoms with Gasteiger partial charge in [0.15, 0.2) is 0 Å². The predicted octanol–water partition coefficient (Wildman–Crippen LogP) is 1.91. The van der Waals surface area contributed by atoms with Gasteiger partial charge in [-0.1, -0.05) is 6.42 Å². The van der Waals surface area contributed by atoms with Gasteiger partial charge in [0.05, 0.1) is 6.10 Å². The topological polar surface area (TPSA) is 37.3 Å². The molecule has 2 rings (SSSR count). The van der Waals surface area contributed by atoms with Crippen molar-refractivity contribution in [3.63, 3.8) is 0 Å². The van der Waals surface area contributed by atoms with E-state index in [1.165, 1.54) is 0 Å². The van der Waals surface area contributed by atoms with Gasteiger partial charge in [0.2, 0.25) is 0 Å². The van der Waals surface area contributed by atoms with Crippen LogP contribution in [0.25, 0.3) is 0 Å². The highest BCUT2D eigenvalue weighted by atomic mass is 16.3. The van der Waals surface area contributed by atoms with E-state index in [-0.39, 0.29) is 17.4 Å². The maximum absolute atomic E-state index is 11.6. The highest BCUT2D eigenvalue weighted by molar-refractivity contribution is 5.83. The summed E-state index contributed by atoms with van der Waals surface area (Å²) in [7, 11) is 0. The Hall–Kier alpha value is -0.370. The fourth-order valence-electron chi connectivity index (χ4n) is 3.41. The molecule has 0 bridgehead atoms. The smallest absolute Gasteiger partial charge is 0.136 e. The van der Waals surface area contributed by atoms with E-state index in [9.17, 15) is 9.90 Å². The minimum atomic E-state index is -0.208. The van der Waals surface area contributed by atoms with Crippen molar-refractivity contribution in [1.82, 2.24) is 0 Å². The van der Waals surface area contributed by atoms with Crippen molar-refractivity contribution in [2.45, 2.75) is 51.6 Å². The number of fused-ring (bicyclic) bond motifs is 1. The van der Waals surface area contributed by atoms with Crippen LogP contribution in [0.3, 0.4) is 0 Å². The van der Waals surface area contributed by atoms with E-state index in [0.717, 1.165) is 38.5 Å². The molecule has 0 saturated heterocycles. The van der Waals surface area contributed by atoms with Gasteiger partial charge in [-0.05, 0) is 44.9 Å². The number of ketones is 1. The van der Waals surface area contributed by atoms with Crippen molar-refractivity contribution < 1.29 is 9.90 Å². The zero-order chi connectivity index (χ0) is 9.47. The first kappa shape index (κ1) is 9.20. The summed E-state index contributed by atoms with van der Waals surface area (Å²) in [5.41, 5.74) is -0.127. The van der Waals surface area contributed by atoms with Gasteiger partial charge in [-0.3, -0.25) is 4.79 Å². The van der Waals surface area contributed by atoms with Crippen molar-refractivity contribution in [2.75, 3.05) is 0 Å². The maximum Gasteiger partial charge on any atom is 0.136 e. The molecule has 2 nitrogen and oxygen atoms in total. The normalized spacial score (nSPS) is 44.5. The average Bonchev–Trinajstić information content (AvgIpc) is 2.50. The zero-order valence-corrected chi connectivity index (χ0v) is 8.25. The number of aliphatic hydroxyl groups excluding tert-OH is 1. The lowest BCUT2D eigenvalue weighted by Gasteiger charge is -2.40. The standard InChI is InChI=1S/C11H18O2/c1-8(12)11-6-2-4-9(11)10(13)5-3-7-11/h9-10,13H,2-7H2,1H3. The molecule has 2 aliphatic carbocycles. The molecular formula is C11H18O2. The third-order valence-corrected chi connectivity index (χ3v) is 4.14. The Labute approximate surface area is 79.3 Å². The van der Waals surface area contributed by atoms with Crippen molar-refractivity contribution in [2.24, 2.45) is 11.3 Å². The summed E-state index contributed by atoms with van der Waals surface area (Å²) < 4.78 is 0. The minimum Gasteiger partial charge on any atom is -0.393 e. The van der Waals surface area contributed by atoms with Crippen molar-refractivity contribution >= 4 is 5.78 Å². The van der Waals surface area contributed by atoms with E-state index >= 15 is 0 Å². The Bertz CT molecular complexity index is 224.